The third kappa shape index (κ3) is 4.73. The average Bonchev–Trinajstić information content (AvgIpc) is 2.77. The van der Waals surface area contributed by atoms with Crippen molar-refractivity contribution in [3.05, 3.63) is 53.8 Å². The van der Waals surface area contributed by atoms with Crippen LogP contribution in [0.2, 0.25) is 0 Å². The number of amides is 1. The van der Waals surface area contributed by atoms with Gasteiger partial charge in [-0.3, -0.25) is 4.79 Å². The number of piperidine rings is 1. The number of hydrogen-bond donors (Lipinski definition) is 1. The highest BCUT2D eigenvalue weighted by Crippen LogP contribution is 2.30. The summed E-state index contributed by atoms with van der Waals surface area (Å²) in [6, 6.07) is 10.7. The highest BCUT2D eigenvalue weighted by atomic mass is 32.2. The number of methoxy groups -OCH3 is 2. The first-order valence-corrected chi connectivity index (χ1v) is 11.0. The lowest BCUT2D eigenvalue weighted by atomic mass is 9.98. The van der Waals surface area contributed by atoms with Crippen molar-refractivity contribution in [1.82, 2.24) is 9.62 Å². The van der Waals surface area contributed by atoms with E-state index in [9.17, 15) is 17.6 Å². The topological polar surface area (TPSA) is 84.9 Å². The second kappa shape index (κ2) is 9.44. The van der Waals surface area contributed by atoms with E-state index < -0.39 is 21.8 Å². The molecule has 1 amide bonds. The van der Waals surface area contributed by atoms with Crippen LogP contribution in [0, 0.1) is 11.7 Å². The summed E-state index contributed by atoms with van der Waals surface area (Å²) in [7, 11) is -1.11. The number of nitrogens with zero attached hydrogens (tertiary/aromatic N) is 1. The molecule has 1 aliphatic heterocycles. The molecule has 9 heteroatoms. The summed E-state index contributed by atoms with van der Waals surface area (Å²) < 4.78 is 51.5. The van der Waals surface area contributed by atoms with Crippen LogP contribution in [0.3, 0.4) is 0 Å². The maximum atomic E-state index is 13.7. The van der Waals surface area contributed by atoms with Gasteiger partial charge in [-0.2, -0.15) is 4.31 Å². The number of hydrogen-bond acceptors (Lipinski definition) is 5. The van der Waals surface area contributed by atoms with Crippen LogP contribution < -0.4 is 14.8 Å². The lowest BCUT2D eigenvalue weighted by Gasteiger charge is -2.31. The summed E-state index contributed by atoms with van der Waals surface area (Å²) in [6.07, 6.45) is 1.10. The Bertz CT molecular complexity index is 1010. The van der Waals surface area contributed by atoms with Gasteiger partial charge in [0.25, 0.3) is 0 Å². The largest absolute Gasteiger partial charge is 0.496 e. The van der Waals surface area contributed by atoms with Crippen molar-refractivity contribution in [3.8, 4) is 11.5 Å². The minimum atomic E-state index is -4.00. The van der Waals surface area contributed by atoms with E-state index in [-0.39, 0.29) is 36.2 Å². The molecule has 0 bridgehead atoms. The molecule has 7 nitrogen and oxygen atoms in total. The fourth-order valence-electron chi connectivity index (χ4n) is 3.54. The van der Waals surface area contributed by atoms with Gasteiger partial charge in [-0.15, -0.1) is 0 Å². The molecule has 1 atom stereocenters. The summed E-state index contributed by atoms with van der Waals surface area (Å²) in [5.41, 5.74) is 0.832. The number of halogens is 1. The maximum Gasteiger partial charge on any atom is 0.246 e. The molecule has 0 radical (unpaired) electrons. The molecular weight excluding hydrogens is 411 g/mol. The van der Waals surface area contributed by atoms with Gasteiger partial charge >= 0.3 is 0 Å². The number of sulfonamides is 1. The van der Waals surface area contributed by atoms with Gasteiger partial charge in [-0.1, -0.05) is 18.2 Å². The zero-order valence-electron chi connectivity index (χ0n) is 16.9. The van der Waals surface area contributed by atoms with Crippen LogP contribution in [0.25, 0.3) is 0 Å². The van der Waals surface area contributed by atoms with Crippen molar-refractivity contribution in [2.75, 3.05) is 27.3 Å². The fraction of sp³-hybridized carbons (Fsp3) is 0.381. The van der Waals surface area contributed by atoms with Crippen LogP contribution in [-0.4, -0.2) is 45.9 Å². The summed E-state index contributed by atoms with van der Waals surface area (Å²) in [4.78, 5) is 12.5. The first-order chi connectivity index (χ1) is 14.4. The van der Waals surface area contributed by atoms with Crippen LogP contribution in [-0.2, 0) is 21.4 Å². The highest BCUT2D eigenvalue weighted by Gasteiger charge is 2.35. The molecule has 0 spiro atoms. The van der Waals surface area contributed by atoms with Crippen LogP contribution >= 0.6 is 0 Å². The van der Waals surface area contributed by atoms with E-state index in [1.54, 1.807) is 7.11 Å². The van der Waals surface area contributed by atoms with Crippen LogP contribution in [0.5, 0.6) is 11.5 Å². The van der Waals surface area contributed by atoms with E-state index in [0.717, 1.165) is 17.7 Å². The second-order valence-corrected chi connectivity index (χ2v) is 8.93. The molecular formula is C21H25FN2O5S. The number of nitrogens with one attached hydrogen (secondary N) is 1. The molecule has 1 fully saturated rings. The van der Waals surface area contributed by atoms with E-state index >= 15 is 0 Å². The van der Waals surface area contributed by atoms with Gasteiger partial charge in [-0.05, 0) is 37.1 Å². The standard InChI is InChI=1S/C21H25FN2O5S/c1-28-18-8-4-3-6-15(18)13-23-21(25)16-7-5-11-24(14-16)30(26,27)20-12-17(22)9-10-19(20)29-2/h3-4,6,8-10,12,16H,5,7,11,13-14H2,1-2H3,(H,23,25)/t16-/m1/s1. The Labute approximate surface area is 175 Å². The van der Waals surface area contributed by atoms with E-state index in [0.29, 0.717) is 18.6 Å². The number of para-hydroxylation sites is 1. The zero-order valence-corrected chi connectivity index (χ0v) is 17.7. The van der Waals surface area contributed by atoms with Gasteiger partial charge in [0.1, 0.15) is 22.2 Å². The van der Waals surface area contributed by atoms with Crippen molar-refractivity contribution in [2.45, 2.75) is 24.3 Å². The SMILES string of the molecule is COc1ccccc1CNC(=O)[C@@H]1CCCN(S(=O)(=O)c2cc(F)ccc2OC)C1. The second-order valence-electron chi connectivity index (χ2n) is 7.03. The van der Waals surface area contributed by atoms with Crippen molar-refractivity contribution < 1.29 is 27.1 Å². The number of carbonyl (C=O) groups is 1. The summed E-state index contributed by atoms with van der Waals surface area (Å²) in [6.45, 7) is 0.571. The number of rotatable bonds is 7. The Morgan fingerprint density at radius 2 is 1.90 bits per heavy atom. The minimum Gasteiger partial charge on any atom is -0.496 e. The van der Waals surface area contributed by atoms with Crippen molar-refractivity contribution in [2.24, 2.45) is 5.92 Å². The summed E-state index contributed by atoms with van der Waals surface area (Å²) in [5.74, 6) is -0.657. The molecule has 1 heterocycles. The molecule has 3 rings (SSSR count). The summed E-state index contributed by atoms with van der Waals surface area (Å²) >= 11 is 0. The molecule has 1 N–H and O–H groups in total. The molecule has 0 unspecified atom stereocenters. The predicted octanol–water partition coefficient (Wildman–Crippen LogP) is 2.56. The molecule has 0 saturated carbocycles. The molecule has 2 aromatic rings. The Kier molecular flexibility index (Phi) is 6.94. The third-order valence-electron chi connectivity index (χ3n) is 5.14. The van der Waals surface area contributed by atoms with E-state index in [1.807, 2.05) is 24.3 Å². The molecule has 0 aliphatic carbocycles. The van der Waals surface area contributed by atoms with Gasteiger partial charge in [0, 0.05) is 25.2 Å². The highest BCUT2D eigenvalue weighted by molar-refractivity contribution is 7.89. The lowest BCUT2D eigenvalue weighted by molar-refractivity contribution is -0.126. The monoisotopic (exact) mass is 436 g/mol. The number of benzene rings is 2. The molecule has 30 heavy (non-hydrogen) atoms. The van der Waals surface area contributed by atoms with Gasteiger partial charge in [0.15, 0.2) is 0 Å². The number of ether oxygens (including phenoxy) is 2. The van der Waals surface area contributed by atoms with Crippen LogP contribution in [0.15, 0.2) is 47.4 Å². The quantitative estimate of drug-likeness (QED) is 0.721. The maximum absolute atomic E-state index is 13.7. The van der Waals surface area contributed by atoms with Gasteiger partial charge < -0.3 is 14.8 Å². The predicted molar refractivity (Wildman–Crippen MR) is 109 cm³/mol. The van der Waals surface area contributed by atoms with E-state index in [1.165, 1.54) is 17.5 Å². The number of carbonyl (C=O) groups excluding carboxylic acids is 1. The molecule has 162 valence electrons. The smallest absolute Gasteiger partial charge is 0.246 e. The van der Waals surface area contributed by atoms with Crippen molar-refractivity contribution >= 4 is 15.9 Å². The van der Waals surface area contributed by atoms with Crippen LogP contribution in [0.4, 0.5) is 4.39 Å². The van der Waals surface area contributed by atoms with Crippen LogP contribution in [0.1, 0.15) is 18.4 Å². The van der Waals surface area contributed by atoms with Crippen molar-refractivity contribution in [1.29, 1.82) is 0 Å². The Morgan fingerprint density at radius 3 is 2.63 bits per heavy atom. The third-order valence-corrected chi connectivity index (χ3v) is 7.03. The van der Waals surface area contributed by atoms with Crippen molar-refractivity contribution in [3.63, 3.8) is 0 Å². The Balaban J connectivity index is 1.72. The van der Waals surface area contributed by atoms with Gasteiger partial charge in [0.05, 0.1) is 20.1 Å². The van der Waals surface area contributed by atoms with Gasteiger partial charge in [0.2, 0.25) is 15.9 Å². The molecule has 1 aliphatic rings. The lowest BCUT2D eigenvalue weighted by Crippen LogP contribution is -2.45. The first-order valence-electron chi connectivity index (χ1n) is 9.60. The van der Waals surface area contributed by atoms with Gasteiger partial charge in [-0.25, -0.2) is 12.8 Å². The van der Waals surface area contributed by atoms with E-state index in [2.05, 4.69) is 5.32 Å². The first kappa shape index (κ1) is 22.0. The zero-order chi connectivity index (χ0) is 21.7. The average molecular weight is 437 g/mol. The Hall–Kier alpha value is -2.65. The molecule has 2 aromatic carbocycles. The molecule has 1 saturated heterocycles. The Morgan fingerprint density at radius 1 is 1.17 bits per heavy atom. The van der Waals surface area contributed by atoms with E-state index in [4.69, 9.17) is 9.47 Å². The fourth-order valence-corrected chi connectivity index (χ4v) is 5.23. The normalized spacial score (nSPS) is 17.4. The minimum absolute atomic E-state index is 0.0275. The summed E-state index contributed by atoms with van der Waals surface area (Å²) in [5, 5.41) is 2.86. The molecule has 0 aromatic heterocycles.